The molecule has 1 N–H and O–H groups in total. The molecule has 0 aliphatic rings. The SMILES string of the molecule is CCCNCc1cncc(-c2cncc(OCCC)c2)c1. The first-order valence-electron chi connectivity index (χ1n) is 7.56. The van der Waals surface area contributed by atoms with Crippen molar-refractivity contribution < 1.29 is 4.74 Å². The largest absolute Gasteiger partial charge is 0.492 e. The van der Waals surface area contributed by atoms with Crippen LogP contribution in [0.15, 0.2) is 36.9 Å². The molecule has 0 spiro atoms. The van der Waals surface area contributed by atoms with Gasteiger partial charge in [0.1, 0.15) is 5.75 Å². The lowest BCUT2D eigenvalue weighted by Crippen LogP contribution is -2.13. The highest BCUT2D eigenvalue weighted by Gasteiger charge is 2.03. The number of hydrogen-bond acceptors (Lipinski definition) is 4. The van der Waals surface area contributed by atoms with Crippen molar-refractivity contribution >= 4 is 0 Å². The minimum absolute atomic E-state index is 0.713. The molecule has 0 aliphatic carbocycles. The van der Waals surface area contributed by atoms with Crippen LogP contribution in [-0.4, -0.2) is 23.1 Å². The number of pyridine rings is 2. The number of hydrogen-bond donors (Lipinski definition) is 1. The zero-order chi connectivity index (χ0) is 14.9. The second kappa shape index (κ2) is 8.37. The number of rotatable bonds is 8. The Labute approximate surface area is 126 Å². The molecule has 0 saturated carbocycles. The van der Waals surface area contributed by atoms with E-state index in [1.54, 1.807) is 6.20 Å². The first-order valence-corrected chi connectivity index (χ1v) is 7.56. The molecule has 4 nitrogen and oxygen atoms in total. The van der Waals surface area contributed by atoms with Crippen LogP contribution < -0.4 is 10.1 Å². The van der Waals surface area contributed by atoms with Crippen LogP contribution in [0.2, 0.25) is 0 Å². The lowest BCUT2D eigenvalue weighted by Gasteiger charge is -2.08. The Bertz CT molecular complexity index is 557. The van der Waals surface area contributed by atoms with Gasteiger partial charge in [0, 0.05) is 36.3 Å². The van der Waals surface area contributed by atoms with Crippen LogP contribution in [0.3, 0.4) is 0 Å². The summed E-state index contributed by atoms with van der Waals surface area (Å²) in [5.74, 6) is 0.809. The number of nitrogens with one attached hydrogen (secondary N) is 1. The lowest BCUT2D eigenvalue weighted by molar-refractivity contribution is 0.316. The van der Waals surface area contributed by atoms with Gasteiger partial charge < -0.3 is 10.1 Å². The molecule has 2 aromatic heterocycles. The van der Waals surface area contributed by atoms with E-state index in [4.69, 9.17) is 4.74 Å². The Balaban J connectivity index is 2.11. The van der Waals surface area contributed by atoms with Gasteiger partial charge in [0.15, 0.2) is 0 Å². The predicted molar refractivity (Wildman–Crippen MR) is 85.3 cm³/mol. The van der Waals surface area contributed by atoms with Crippen LogP contribution in [0.5, 0.6) is 5.75 Å². The molecule has 0 aliphatic heterocycles. The summed E-state index contributed by atoms with van der Waals surface area (Å²) < 4.78 is 5.63. The van der Waals surface area contributed by atoms with Crippen molar-refractivity contribution in [2.45, 2.75) is 33.2 Å². The Morgan fingerprint density at radius 2 is 1.71 bits per heavy atom. The Morgan fingerprint density at radius 1 is 0.952 bits per heavy atom. The Kier molecular flexibility index (Phi) is 6.16. The quantitative estimate of drug-likeness (QED) is 0.755. The van der Waals surface area contributed by atoms with Crippen molar-refractivity contribution in [1.29, 1.82) is 0 Å². The summed E-state index contributed by atoms with van der Waals surface area (Å²) >= 11 is 0. The molecule has 2 rings (SSSR count). The molecular formula is C17H23N3O. The van der Waals surface area contributed by atoms with Gasteiger partial charge in [-0.1, -0.05) is 13.8 Å². The molecule has 0 unspecified atom stereocenters. The van der Waals surface area contributed by atoms with Crippen LogP contribution in [0.25, 0.3) is 11.1 Å². The van der Waals surface area contributed by atoms with E-state index >= 15 is 0 Å². The van der Waals surface area contributed by atoms with Crippen molar-refractivity contribution in [3.05, 3.63) is 42.5 Å². The third-order valence-electron chi connectivity index (χ3n) is 3.07. The molecule has 0 fully saturated rings. The number of nitrogens with zero attached hydrogens (tertiary/aromatic N) is 2. The molecule has 0 amide bonds. The minimum atomic E-state index is 0.713. The van der Waals surface area contributed by atoms with E-state index in [1.165, 1.54) is 5.56 Å². The predicted octanol–water partition coefficient (Wildman–Crippen LogP) is 3.43. The van der Waals surface area contributed by atoms with Crippen molar-refractivity contribution in [3.63, 3.8) is 0 Å². The molecule has 0 aromatic carbocycles. The second-order valence-electron chi connectivity index (χ2n) is 5.02. The molecule has 0 bridgehead atoms. The average molecular weight is 285 g/mol. The summed E-state index contributed by atoms with van der Waals surface area (Å²) in [6, 6.07) is 4.17. The van der Waals surface area contributed by atoms with Gasteiger partial charge in [0.2, 0.25) is 0 Å². The summed E-state index contributed by atoms with van der Waals surface area (Å²) in [5.41, 5.74) is 3.29. The minimum Gasteiger partial charge on any atom is -0.492 e. The Hall–Kier alpha value is -1.94. The monoisotopic (exact) mass is 285 g/mol. The molecular weight excluding hydrogens is 262 g/mol. The maximum absolute atomic E-state index is 5.63. The normalized spacial score (nSPS) is 10.6. The van der Waals surface area contributed by atoms with Gasteiger partial charge in [0.25, 0.3) is 0 Å². The van der Waals surface area contributed by atoms with Gasteiger partial charge in [-0.15, -0.1) is 0 Å². The van der Waals surface area contributed by atoms with Crippen molar-refractivity contribution in [2.24, 2.45) is 0 Å². The van der Waals surface area contributed by atoms with E-state index in [0.717, 1.165) is 42.8 Å². The average Bonchev–Trinajstić information content (AvgIpc) is 2.54. The van der Waals surface area contributed by atoms with Crippen molar-refractivity contribution in [3.8, 4) is 16.9 Å². The maximum Gasteiger partial charge on any atom is 0.138 e. The third kappa shape index (κ3) is 4.83. The summed E-state index contributed by atoms with van der Waals surface area (Å²) in [5, 5.41) is 3.39. The van der Waals surface area contributed by atoms with E-state index in [-0.39, 0.29) is 0 Å². The highest BCUT2D eigenvalue weighted by Crippen LogP contribution is 2.22. The van der Waals surface area contributed by atoms with Crippen LogP contribution >= 0.6 is 0 Å². The number of aromatic nitrogens is 2. The standard InChI is InChI=1S/C17H23N3O/c1-3-5-18-9-14-7-15(11-19-10-14)16-8-17(13-20-12-16)21-6-4-2/h7-8,10-13,18H,3-6,9H2,1-2H3. The third-order valence-corrected chi connectivity index (χ3v) is 3.07. The molecule has 2 heterocycles. The summed E-state index contributed by atoms with van der Waals surface area (Å²) in [4.78, 5) is 8.57. The topological polar surface area (TPSA) is 47.0 Å². The van der Waals surface area contributed by atoms with E-state index in [0.29, 0.717) is 6.61 Å². The van der Waals surface area contributed by atoms with Gasteiger partial charge in [-0.25, -0.2) is 0 Å². The summed E-state index contributed by atoms with van der Waals surface area (Å²) in [7, 11) is 0. The van der Waals surface area contributed by atoms with E-state index in [9.17, 15) is 0 Å². The van der Waals surface area contributed by atoms with Gasteiger partial charge in [0.05, 0.1) is 12.8 Å². The van der Waals surface area contributed by atoms with Crippen molar-refractivity contribution in [1.82, 2.24) is 15.3 Å². The lowest BCUT2D eigenvalue weighted by atomic mass is 10.1. The Morgan fingerprint density at radius 3 is 2.48 bits per heavy atom. The van der Waals surface area contributed by atoms with E-state index in [1.807, 2.05) is 24.7 Å². The van der Waals surface area contributed by atoms with Crippen LogP contribution in [0.4, 0.5) is 0 Å². The van der Waals surface area contributed by atoms with Gasteiger partial charge in [-0.05, 0) is 37.1 Å². The first kappa shape index (κ1) is 15.4. The molecule has 21 heavy (non-hydrogen) atoms. The van der Waals surface area contributed by atoms with Gasteiger partial charge >= 0.3 is 0 Å². The highest BCUT2D eigenvalue weighted by atomic mass is 16.5. The fraction of sp³-hybridized carbons (Fsp3) is 0.412. The molecule has 0 saturated heterocycles. The molecule has 112 valence electrons. The molecule has 2 aromatic rings. The van der Waals surface area contributed by atoms with Crippen LogP contribution in [-0.2, 0) is 6.54 Å². The van der Waals surface area contributed by atoms with Gasteiger partial charge in [-0.2, -0.15) is 0 Å². The molecule has 0 radical (unpaired) electrons. The molecule has 0 atom stereocenters. The fourth-order valence-electron chi connectivity index (χ4n) is 2.03. The van der Waals surface area contributed by atoms with Gasteiger partial charge in [-0.3, -0.25) is 9.97 Å². The summed E-state index contributed by atoms with van der Waals surface area (Å²) in [6.07, 6.45) is 9.48. The zero-order valence-electron chi connectivity index (χ0n) is 12.8. The van der Waals surface area contributed by atoms with E-state index in [2.05, 4.69) is 35.2 Å². The highest BCUT2D eigenvalue weighted by molar-refractivity contribution is 5.63. The smallest absolute Gasteiger partial charge is 0.138 e. The van der Waals surface area contributed by atoms with Crippen LogP contribution in [0, 0.1) is 0 Å². The number of ether oxygens (including phenoxy) is 1. The summed E-state index contributed by atoms with van der Waals surface area (Å²) in [6.45, 7) is 6.83. The maximum atomic E-state index is 5.63. The van der Waals surface area contributed by atoms with Crippen LogP contribution in [0.1, 0.15) is 32.3 Å². The molecule has 4 heteroatoms. The second-order valence-corrected chi connectivity index (χ2v) is 5.02. The zero-order valence-corrected chi connectivity index (χ0v) is 12.8. The van der Waals surface area contributed by atoms with E-state index < -0.39 is 0 Å². The fourth-order valence-corrected chi connectivity index (χ4v) is 2.03. The van der Waals surface area contributed by atoms with Crippen molar-refractivity contribution in [2.75, 3.05) is 13.2 Å². The first-order chi connectivity index (χ1) is 10.3.